The molecule has 0 aromatic rings. The SMILES string of the molecule is CCOP(=O)(O)C1OC1C. The van der Waals surface area contributed by atoms with Crippen molar-refractivity contribution in [3.05, 3.63) is 0 Å². The summed E-state index contributed by atoms with van der Waals surface area (Å²) in [6.07, 6.45) is -0.123. The molecule has 1 rings (SSSR count). The summed E-state index contributed by atoms with van der Waals surface area (Å²) < 4.78 is 20.4. The molecule has 3 unspecified atom stereocenters. The van der Waals surface area contributed by atoms with Crippen LogP contribution in [0.1, 0.15) is 13.8 Å². The molecule has 60 valence electrons. The van der Waals surface area contributed by atoms with Gasteiger partial charge in [-0.2, -0.15) is 0 Å². The summed E-state index contributed by atoms with van der Waals surface area (Å²) in [5.41, 5.74) is 0. The van der Waals surface area contributed by atoms with Crippen molar-refractivity contribution in [3.63, 3.8) is 0 Å². The van der Waals surface area contributed by atoms with E-state index in [2.05, 4.69) is 4.52 Å². The van der Waals surface area contributed by atoms with E-state index in [1.165, 1.54) is 0 Å². The Morgan fingerprint density at radius 1 is 1.80 bits per heavy atom. The molecule has 1 aliphatic rings. The predicted octanol–water partition coefficient (Wildman–Crippen LogP) is 0.953. The normalized spacial score (nSPS) is 37.1. The largest absolute Gasteiger partial charge is 0.359 e. The lowest BCUT2D eigenvalue weighted by Crippen LogP contribution is -1.96. The van der Waals surface area contributed by atoms with Crippen molar-refractivity contribution in [2.24, 2.45) is 0 Å². The highest BCUT2D eigenvalue weighted by Crippen LogP contribution is 2.56. The van der Waals surface area contributed by atoms with Gasteiger partial charge >= 0.3 is 7.60 Å². The molecule has 1 fully saturated rings. The minimum atomic E-state index is -3.43. The zero-order chi connectivity index (χ0) is 7.78. The van der Waals surface area contributed by atoms with Gasteiger partial charge in [-0.1, -0.05) is 0 Å². The van der Waals surface area contributed by atoms with E-state index in [0.29, 0.717) is 0 Å². The Morgan fingerprint density at radius 3 is 2.60 bits per heavy atom. The maximum Gasteiger partial charge on any atom is 0.359 e. The lowest BCUT2D eigenvalue weighted by atomic mass is 10.6. The average Bonchev–Trinajstić information content (AvgIpc) is 2.46. The molecule has 1 heterocycles. The highest BCUT2D eigenvalue weighted by molar-refractivity contribution is 7.53. The molecule has 10 heavy (non-hydrogen) atoms. The standard InChI is InChI=1S/C5H11O4P/c1-3-8-10(6,7)5-4(2)9-5/h4-5H,3H2,1-2H3,(H,6,7). The van der Waals surface area contributed by atoms with E-state index in [0.717, 1.165) is 0 Å². The molecular formula is C5H11O4P. The summed E-state index contributed by atoms with van der Waals surface area (Å²) >= 11 is 0. The topological polar surface area (TPSA) is 59.1 Å². The molecule has 0 amide bonds. The maximum absolute atomic E-state index is 11.0. The first kappa shape index (κ1) is 8.21. The van der Waals surface area contributed by atoms with Gasteiger partial charge in [-0.05, 0) is 13.8 Å². The lowest BCUT2D eigenvalue weighted by molar-refractivity contribution is 0.257. The number of hydrogen-bond acceptors (Lipinski definition) is 3. The third-order valence-electron chi connectivity index (χ3n) is 1.31. The number of epoxide rings is 1. The van der Waals surface area contributed by atoms with E-state index in [1.807, 2.05) is 0 Å². The van der Waals surface area contributed by atoms with E-state index in [-0.39, 0.29) is 12.7 Å². The van der Waals surface area contributed by atoms with Crippen LogP contribution in [0.2, 0.25) is 0 Å². The van der Waals surface area contributed by atoms with Crippen LogP contribution in [0.15, 0.2) is 0 Å². The van der Waals surface area contributed by atoms with E-state index in [9.17, 15) is 4.57 Å². The molecule has 3 atom stereocenters. The van der Waals surface area contributed by atoms with Crippen molar-refractivity contribution >= 4 is 7.60 Å². The van der Waals surface area contributed by atoms with Gasteiger partial charge in [0.25, 0.3) is 0 Å². The Labute approximate surface area is 59.7 Å². The summed E-state index contributed by atoms with van der Waals surface area (Å²) in [7, 11) is -3.43. The van der Waals surface area contributed by atoms with Crippen molar-refractivity contribution in [3.8, 4) is 0 Å². The Hall–Kier alpha value is 0.110. The van der Waals surface area contributed by atoms with Gasteiger partial charge in [-0.25, -0.2) is 0 Å². The number of rotatable bonds is 3. The quantitative estimate of drug-likeness (QED) is 0.501. The molecular weight excluding hydrogens is 155 g/mol. The Kier molecular flexibility index (Phi) is 2.15. The van der Waals surface area contributed by atoms with Gasteiger partial charge in [0.05, 0.1) is 12.7 Å². The van der Waals surface area contributed by atoms with Crippen LogP contribution in [-0.2, 0) is 13.8 Å². The molecule has 0 radical (unpaired) electrons. The molecule has 1 aliphatic heterocycles. The van der Waals surface area contributed by atoms with Gasteiger partial charge < -0.3 is 14.2 Å². The van der Waals surface area contributed by atoms with Gasteiger partial charge in [-0.3, -0.25) is 4.57 Å². The van der Waals surface area contributed by atoms with Crippen molar-refractivity contribution in [2.45, 2.75) is 25.8 Å². The highest BCUT2D eigenvalue weighted by atomic mass is 31.2. The minimum Gasteiger partial charge on any atom is -0.356 e. The van der Waals surface area contributed by atoms with Crippen LogP contribution in [-0.4, -0.2) is 23.4 Å². The van der Waals surface area contributed by atoms with E-state index >= 15 is 0 Å². The van der Waals surface area contributed by atoms with E-state index in [1.54, 1.807) is 13.8 Å². The Morgan fingerprint density at radius 2 is 2.30 bits per heavy atom. The van der Waals surface area contributed by atoms with Crippen LogP contribution < -0.4 is 0 Å². The van der Waals surface area contributed by atoms with Crippen LogP contribution in [0.3, 0.4) is 0 Å². The van der Waals surface area contributed by atoms with E-state index < -0.39 is 13.4 Å². The van der Waals surface area contributed by atoms with Crippen molar-refractivity contribution in [2.75, 3.05) is 6.61 Å². The second kappa shape index (κ2) is 2.62. The third kappa shape index (κ3) is 1.58. The Balaban J connectivity index is 2.44. The fourth-order valence-electron chi connectivity index (χ4n) is 0.775. The van der Waals surface area contributed by atoms with Gasteiger partial charge in [0.1, 0.15) is 0 Å². The third-order valence-corrected chi connectivity index (χ3v) is 3.13. The molecule has 0 saturated carbocycles. The first-order valence-electron chi connectivity index (χ1n) is 3.20. The molecule has 1 N–H and O–H groups in total. The Bertz CT molecular complexity index is 169. The monoisotopic (exact) mass is 166 g/mol. The van der Waals surface area contributed by atoms with Crippen molar-refractivity contribution in [1.29, 1.82) is 0 Å². The molecule has 0 spiro atoms. The summed E-state index contributed by atoms with van der Waals surface area (Å²) in [4.78, 5) is 9.03. The van der Waals surface area contributed by atoms with Gasteiger partial charge in [-0.15, -0.1) is 0 Å². The average molecular weight is 166 g/mol. The summed E-state index contributed by atoms with van der Waals surface area (Å²) in [6, 6.07) is 0. The summed E-state index contributed by atoms with van der Waals surface area (Å²) in [5, 5.41) is 0. The fraction of sp³-hybridized carbons (Fsp3) is 1.00. The smallest absolute Gasteiger partial charge is 0.356 e. The minimum absolute atomic E-state index is 0.123. The first-order valence-corrected chi connectivity index (χ1v) is 4.85. The molecule has 0 bridgehead atoms. The highest BCUT2D eigenvalue weighted by Gasteiger charge is 2.50. The van der Waals surface area contributed by atoms with Gasteiger partial charge in [0.15, 0.2) is 5.85 Å². The second-order valence-electron chi connectivity index (χ2n) is 2.21. The maximum atomic E-state index is 11.0. The van der Waals surface area contributed by atoms with Crippen LogP contribution in [0.25, 0.3) is 0 Å². The lowest BCUT2D eigenvalue weighted by Gasteiger charge is -2.05. The molecule has 0 aromatic heterocycles. The summed E-state index contributed by atoms with van der Waals surface area (Å²) in [6.45, 7) is 3.67. The number of hydrogen-bond donors (Lipinski definition) is 1. The molecule has 0 aromatic carbocycles. The molecule has 0 aliphatic carbocycles. The first-order chi connectivity index (χ1) is 4.58. The molecule has 4 nitrogen and oxygen atoms in total. The van der Waals surface area contributed by atoms with Crippen LogP contribution >= 0.6 is 7.60 Å². The van der Waals surface area contributed by atoms with Crippen LogP contribution in [0, 0.1) is 0 Å². The van der Waals surface area contributed by atoms with Gasteiger partial charge in [0.2, 0.25) is 0 Å². The van der Waals surface area contributed by atoms with E-state index in [4.69, 9.17) is 9.63 Å². The predicted molar refractivity (Wildman–Crippen MR) is 35.8 cm³/mol. The second-order valence-corrected chi connectivity index (χ2v) is 4.11. The van der Waals surface area contributed by atoms with Crippen molar-refractivity contribution < 1.29 is 18.7 Å². The van der Waals surface area contributed by atoms with Crippen LogP contribution in [0.5, 0.6) is 0 Å². The number of ether oxygens (including phenoxy) is 1. The molecule has 5 heteroatoms. The van der Waals surface area contributed by atoms with Crippen LogP contribution in [0.4, 0.5) is 0 Å². The summed E-state index contributed by atoms with van der Waals surface area (Å²) in [5.74, 6) is -0.576. The fourth-order valence-corrected chi connectivity index (χ4v) is 2.17. The van der Waals surface area contributed by atoms with Crippen molar-refractivity contribution in [1.82, 2.24) is 0 Å². The molecule has 1 saturated heterocycles. The zero-order valence-electron chi connectivity index (χ0n) is 5.98. The zero-order valence-corrected chi connectivity index (χ0v) is 6.88. The van der Waals surface area contributed by atoms with Gasteiger partial charge in [0, 0.05) is 0 Å².